The van der Waals surface area contributed by atoms with Crippen LogP contribution in [0.3, 0.4) is 0 Å². The van der Waals surface area contributed by atoms with Crippen LogP contribution in [0, 0.1) is 0 Å². The van der Waals surface area contributed by atoms with Gasteiger partial charge in [-0.3, -0.25) is 4.90 Å². The topological polar surface area (TPSA) is 98.2 Å². The number of carbonyl (C=O) groups is 1. The zero-order valence-electron chi connectivity index (χ0n) is 22.7. The number of amides is 1. The molecular weight excluding hydrogens is 530 g/mol. The normalized spacial score (nSPS) is 24.6. The lowest BCUT2D eigenvalue weighted by Gasteiger charge is -2.41. The molecule has 1 N–H and O–H groups in total. The quantitative estimate of drug-likeness (QED) is 0.461. The second kappa shape index (κ2) is 10.2. The number of carboxylic acid groups (broad SMARTS) is 1. The van der Waals surface area contributed by atoms with Crippen LogP contribution in [0.5, 0.6) is 6.01 Å². The van der Waals surface area contributed by atoms with Crippen molar-refractivity contribution in [2.75, 3.05) is 49.6 Å². The molecule has 7 rings (SSSR count). The molecule has 2 aromatic heterocycles. The second-order valence-corrected chi connectivity index (χ2v) is 11.9. The molecule has 40 heavy (non-hydrogen) atoms. The first-order valence-electron chi connectivity index (χ1n) is 14.2. The third-order valence-corrected chi connectivity index (χ3v) is 9.28. The van der Waals surface area contributed by atoms with Gasteiger partial charge in [0.15, 0.2) is 0 Å². The molecule has 0 spiro atoms. The number of anilines is 2. The highest BCUT2D eigenvalue weighted by molar-refractivity contribution is 6.30. The summed E-state index contributed by atoms with van der Waals surface area (Å²) in [6.07, 6.45) is 3.99. The number of pyridine rings is 1. The summed E-state index contributed by atoms with van der Waals surface area (Å²) in [4.78, 5) is 35.1. The van der Waals surface area contributed by atoms with Crippen molar-refractivity contribution in [3.8, 4) is 6.01 Å². The lowest BCUT2D eigenvalue weighted by Crippen LogP contribution is -2.56. The molecule has 0 saturated carbocycles. The smallest absolute Gasteiger partial charge is 0.407 e. The fraction of sp³-hybridized carbons (Fsp3) is 0.517. The molecule has 1 amide bonds. The van der Waals surface area contributed by atoms with Gasteiger partial charge in [-0.05, 0) is 57.1 Å². The molecule has 4 aliphatic heterocycles. The lowest BCUT2D eigenvalue weighted by molar-refractivity contribution is 0.114. The number of benzene rings is 1. The summed E-state index contributed by atoms with van der Waals surface area (Å²) in [5, 5.41) is 12.4. The Kier molecular flexibility index (Phi) is 6.54. The van der Waals surface area contributed by atoms with Gasteiger partial charge in [-0.1, -0.05) is 35.9 Å². The second-order valence-electron chi connectivity index (χ2n) is 11.5. The van der Waals surface area contributed by atoms with E-state index in [0.717, 1.165) is 72.4 Å². The standard InChI is InChI=1S/C29H34ClN7O3/c1-34-11-4-6-21(34)17-40-28-31-24-16-35(26-22-7-3-2-5-18(22)13-25(30)32-26)12-10-23(24)27(33-28)36-14-19-8-9-20(15-36)37(19)29(38)39/h2-3,5,7,13,19-21H,4,6,8-12,14-17H2,1H3,(H,38,39)/t19-,20+,21?. The molecule has 3 saturated heterocycles. The largest absolute Gasteiger partial charge is 0.465 e. The molecule has 3 aromatic rings. The SMILES string of the molecule is CN1CCCC1COc1nc2c(c(N3C[C@H]4CC[C@@H](C3)N4C(=O)O)n1)CCN(c1nc(Cl)cc3ccccc13)C2. The van der Waals surface area contributed by atoms with Crippen molar-refractivity contribution in [2.24, 2.45) is 0 Å². The first-order valence-corrected chi connectivity index (χ1v) is 14.6. The molecule has 3 fully saturated rings. The maximum atomic E-state index is 11.9. The van der Waals surface area contributed by atoms with Crippen LogP contribution in [-0.4, -0.2) is 93.9 Å². The number of halogens is 1. The fourth-order valence-corrected chi connectivity index (χ4v) is 7.23. The van der Waals surface area contributed by atoms with E-state index in [1.54, 1.807) is 4.90 Å². The summed E-state index contributed by atoms with van der Waals surface area (Å²) in [5.74, 6) is 1.75. The van der Waals surface area contributed by atoms with Gasteiger partial charge in [0.1, 0.15) is 23.4 Å². The van der Waals surface area contributed by atoms with Gasteiger partial charge in [0.25, 0.3) is 0 Å². The first-order chi connectivity index (χ1) is 19.4. The summed E-state index contributed by atoms with van der Waals surface area (Å²) in [7, 11) is 2.14. The maximum Gasteiger partial charge on any atom is 0.407 e. The summed E-state index contributed by atoms with van der Waals surface area (Å²) in [6.45, 7) is 4.25. The van der Waals surface area contributed by atoms with E-state index in [0.29, 0.717) is 43.4 Å². The van der Waals surface area contributed by atoms with Gasteiger partial charge in [-0.25, -0.2) is 9.78 Å². The van der Waals surface area contributed by atoms with Crippen LogP contribution >= 0.6 is 11.6 Å². The summed E-state index contributed by atoms with van der Waals surface area (Å²) in [5.41, 5.74) is 2.06. The average molecular weight is 564 g/mol. The minimum absolute atomic E-state index is 0.0134. The van der Waals surface area contributed by atoms with Crippen LogP contribution in [0.25, 0.3) is 10.8 Å². The molecule has 10 nitrogen and oxygen atoms in total. The molecule has 0 aliphatic carbocycles. The molecule has 11 heteroatoms. The molecule has 3 atom stereocenters. The molecule has 0 radical (unpaired) electrons. The van der Waals surface area contributed by atoms with Gasteiger partial charge < -0.3 is 24.5 Å². The van der Waals surface area contributed by atoms with Gasteiger partial charge in [-0.2, -0.15) is 9.97 Å². The molecule has 4 aliphatic rings. The van der Waals surface area contributed by atoms with Crippen molar-refractivity contribution in [3.63, 3.8) is 0 Å². The number of hydrogen-bond donors (Lipinski definition) is 1. The molecular formula is C29H34ClN7O3. The van der Waals surface area contributed by atoms with Crippen LogP contribution in [0.15, 0.2) is 30.3 Å². The van der Waals surface area contributed by atoms with Gasteiger partial charge in [-0.15, -0.1) is 0 Å². The third-order valence-electron chi connectivity index (χ3n) is 9.09. The number of ether oxygens (including phenoxy) is 1. The maximum absolute atomic E-state index is 11.9. The number of piperazine rings is 1. The van der Waals surface area contributed by atoms with E-state index in [1.165, 1.54) is 6.42 Å². The highest BCUT2D eigenvalue weighted by Gasteiger charge is 2.44. The van der Waals surface area contributed by atoms with E-state index in [9.17, 15) is 9.90 Å². The Morgan fingerprint density at radius 1 is 1.05 bits per heavy atom. The van der Waals surface area contributed by atoms with Gasteiger partial charge in [0.2, 0.25) is 0 Å². The number of nitrogens with zero attached hydrogens (tertiary/aromatic N) is 7. The lowest BCUT2D eigenvalue weighted by atomic mass is 10.0. The zero-order chi connectivity index (χ0) is 27.4. The Bertz CT molecular complexity index is 1440. The summed E-state index contributed by atoms with van der Waals surface area (Å²) in [6, 6.07) is 10.8. The highest BCUT2D eigenvalue weighted by atomic mass is 35.5. The Labute approximate surface area is 238 Å². The van der Waals surface area contributed by atoms with Gasteiger partial charge in [0.05, 0.1) is 24.3 Å². The van der Waals surface area contributed by atoms with Crippen LogP contribution in [-0.2, 0) is 13.0 Å². The van der Waals surface area contributed by atoms with E-state index in [4.69, 9.17) is 31.3 Å². The van der Waals surface area contributed by atoms with Crippen LogP contribution in [0.4, 0.5) is 16.4 Å². The van der Waals surface area contributed by atoms with Crippen molar-refractivity contribution >= 4 is 40.1 Å². The number of likely N-dealkylation sites (tertiary alicyclic amines) is 1. The fourth-order valence-electron chi connectivity index (χ4n) is 7.03. The monoisotopic (exact) mass is 563 g/mol. The average Bonchev–Trinajstić information content (AvgIpc) is 3.49. The van der Waals surface area contributed by atoms with Gasteiger partial charge in [0, 0.05) is 36.6 Å². The third kappa shape index (κ3) is 4.56. The van der Waals surface area contributed by atoms with Crippen molar-refractivity contribution in [3.05, 3.63) is 46.7 Å². The molecule has 6 heterocycles. The first kappa shape index (κ1) is 25.6. The Morgan fingerprint density at radius 2 is 1.85 bits per heavy atom. The van der Waals surface area contributed by atoms with Crippen molar-refractivity contribution < 1.29 is 14.6 Å². The van der Waals surface area contributed by atoms with E-state index in [-0.39, 0.29) is 12.1 Å². The number of rotatable bonds is 5. The Balaban J connectivity index is 1.23. The van der Waals surface area contributed by atoms with Crippen LogP contribution in [0.2, 0.25) is 5.15 Å². The molecule has 1 unspecified atom stereocenters. The molecule has 2 bridgehead atoms. The van der Waals surface area contributed by atoms with Crippen molar-refractivity contribution in [1.82, 2.24) is 24.8 Å². The predicted molar refractivity (Wildman–Crippen MR) is 154 cm³/mol. The van der Waals surface area contributed by atoms with Gasteiger partial charge >= 0.3 is 12.1 Å². The van der Waals surface area contributed by atoms with Crippen LogP contribution < -0.4 is 14.5 Å². The summed E-state index contributed by atoms with van der Waals surface area (Å²) < 4.78 is 6.27. The highest BCUT2D eigenvalue weighted by Crippen LogP contribution is 2.37. The zero-order valence-corrected chi connectivity index (χ0v) is 23.4. The van der Waals surface area contributed by atoms with Crippen molar-refractivity contribution in [2.45, 2.75) is 56.8 Å². The van der Waals surface area contributed by atoms with E-state index in [2.05, 4.69) is 33.9 Å². The number of fused-ring (bicyclic) bond motifs is 4. The Hall–Kier alpha value is -3.37. The molecule has 210 valence electrons. The van der Waals surface area contributed by atoms with Crippen LogP contribution in [0.1, 0.15) is 36.9 Å². The van der Waals surface area contributed by atoms with E-state index < -0.39 is 6.09 Å². The predicted octanol–water partition coefficient (Wildman–Crippen LogP) is 4.04. The number of hydrogen-bond acceptors (Lipinski definition) is 8. The minimum atomic E-state index is -0.821. The summed E-state index contributed by atoms with van der Waals surface area (Å²) >= 11 is 6.44. The number of aromatic nitrogens is 3. The van der Waals surface area contributed by atoms with E-state index >= 15 is 0 Å². The number of likely N-dealkylation sites (N-methyl/N-ethyl adjacent to an activating group) is 1. The minimum Gasteiger partial charge on any atom is -0.465 e. The van der Waals surface area contributed by atoms with Crippen molar-refractivity contribution in [1.29, 1.82) is 0 Å². The molecule has 1 aromatic carbocycles. The van der Waals surface area contributed by atoms with E-state index in [1.807, 2.05) is 18.2 Å². The Morgan fingerprint density at radius 3 is 2.60 bits per heavy atom.